The Morgan fingerprint density at radius 3 is 2.35 bits per heavy atom. The van der Waals surface area contributed by atoms with E-state index in [-0.39, 0.29) is 5.02 Å². The predicted octanol–water partition coefficient (Wildman–Crippen LogP) is 4.93. The minimum absolute atomic E-state index is 0.0548. The molecule has 106 valence electrons. The van der Waals surface area contributed by atoms with Crippen molar-refractivity contribution in [1.82, 2.24) is 0 Å². The fourth-order valence-corrected chi connectivity index (χ4v) is 2.64. The van der Waals surface area contributed by atoms with Crippen molar-refractivity contribution in [1.29, 1.82) is 0 Å². The van der Waals surface area contributed by atoms with Gasteiger partial charge in [-0.2, -0.15) is 0 Å². The first kappa shape index (κ1) is 15.6. The molecule has 2 rings (SSSR count). The van der Waals surface area contributed by atoms with E-state index >= 15 is 0 Å². The van der Waals surface area contributed by atoms with Crippen LogP contribution in [-0.2, 0) is 12.8 Å². The van der Waals surface area contributed by atoms with Gasteiger partial charge in [0.1, 0.15) is 5.82 Å². The average Bonchev–Trinajstić information content (AvgIpc) is 2.37. The minimum Gasteiger partial charge on any atom is -0.392 e. The van der Waals surface area contributed by atoms with E-state index in [0.717, 1.165) is 11.1 Å². The van der Waals surface area contributed by atoms with Crippen LogP contribution in [-0.4, -0.2) is 11.2 Å². The first-order valence-corrected chi connectivity index (χ1v) is 7.15. The van der Waals surface area contributed by atoms with Crippen LogP contribution in [0.4, 0.5) is 4.39 Å². The van der Waals surface area contributed by atoms with Gasteiger partial charge in [-0.1, -0.05) is 46.9 Å². The second kappa shape index (κ2) is 6.77. The molecule has 2 aromatic rings. The van der Waals surface area contributed by atoms with Crippen LogP contribution < -0.4 is 0 Å². The maximum Gasteiger partial charge on any atom is 0.141 e. The first-order chi connectivity index (χ1) is 9.45. The Morgan fingerprint density at radius 2 is 1.70 bits per heavy atom. The van der Waals surface area contributed by atoms with Crippen molar-refractivity contribution in [3.05, 3.63) is 68.4 Å². The molecule has 0 spiro atoms. The number of hydrogen-bond acceptors (Lipinski definition) is 1. The quantitative estimate of drug-likeness (QED) is 0.841. The summed E-state index contributed by atoms with van der Waals surface area (Å²) in [5.74, 6) is -0.467. The van der Waals surface area contributed by atoms with Gasteiger partial charge in [0.2, 0.25) is 0 Å². The SMILES string of the molecule is OC(Cc1ccc(F)c(Cl)c1)Cc1ccc(Cl)cc1Cl. The Labute approximate surface area is 131 Å². The Bertz CT molecular complexity index is 616. The number of rotatable bonds is 4. The summed E-state index contributed by atoms with van der Waals surface area (Å²) in [5, 5.41) is 11.2. The minimum atomic E-state index is -0.629. The van der Waals surface area contributed by atoms with Gasteiger partial charge in [-0.05, 0) is 41.8 Å². The third-order valence-electron chi connectivity index (χ3n) is 2.93. The highest BCUT2D eigenvalue weighted by Crippen LogP contribution is 2.23. The highest BCUT2D eigenvalue weighted by atomic mass is 35.5. The van der Waals surface area contributed by atoms with Crippen LogP contribution in [0, 0.1) is 5.82 Å². The van der Waals surface area contributed by atoms with E-state index < -0.39 is 11.9 Å². The lowest BCUT2D eigenvalue weighted by Crippen LogP contribution is -2.14. The maximum atomic E-state index is 13.0. The van der Waals surface area contributed by atoms with Gasteiger partial charge in [-0.15, -0.1) is 0 Å². The van der Waals surface area contributed by atoms with Crippen LogP contribution >= 0.6 is 34.8 Å². The molecule has 0 aromatic heterocycles. The fraction of sp³-hybridized carbons (Fsp3) is 0.200. The Balaban J connectivity index is 2.04. The number of hydrogen-bond donors (Lipinski definition) is 1. The normalized spacial score (nSPS) is 12.4. The molecule has 1 nitrogen and oxygen atoms in total. The lowest BCUT2D eigenvalue weighted by atomic mass is 10.0. The average molecular weight is 334 g/mol. The summed E-state index contributed by atoms with van der Waals surface area (Å²) in [7, 11) is 0. The van der Waals surface area contributed by atoms with Gasteiger partial charge in [0.05, 0.1) is 11.1 Å². The molecule has 1 N–H and O–H groups in total. The van der Waals surface area contributed by atoms with E-state index in [9.17, 15) is 9.50 Å². The zero-order chi connectivity index (χ0) is 14.7. The van der Waals surface area contributed by atoms with Crippen molar-refractivity contribution in [2.75, 3.05) is 0 Å². The fourth-order valence-electron chi connectivity index (χ4n) is 1.95. The van der Waals surface area contributed by atoms with Gasteiger partial charge in [-0.25, -0.2) is 4.39 Å². The Kier molecular flexibility index (Phi) is 5.28. The molecule has 1 atom stereocenters. The van der Waals surface area contributed by atoms with Crippen LogP contribution in [0.2, 0.25) is 15.1 Å². The third-order valence-corrected chi connectivity index (χ3v) is 3.80. The van der Waals surface area contributed by atoms with Gasteiger partial charge in [0.15, 0.2) is 0 Å². The van der Waals surface area contributed by atoms with E-state index in [1.807, 2.05) is 0 Å². The molecule has 0 heterocycles. The van der Waals surface area contributed by atoms with Crippen LogP contribution in [0.25, 0.3) is 0 Å². The van der Waals surface area contributed by atoms with Crippen LogP contribution in [0.15, 0.2) is 36.4 Å². The molecule has 0 fully saturated rings. The molecule has 0 aliphatic rings. The summed E-state index contributed by atoms with van der Waals surface area (Å²) < 4.78 is 13.0. The molecule has 0 saturated carbocycles. The molecule has 5 heteroatoms. The van der Waals surface area contributed by atoms with Crippen molar-refractivity contribution in [2.24, 2.45) is 0 Å². The van der Waals surface area contributed by atoms with Gasteiger partial charge in [0, 0.05) is 16.5 Å². The van der Waals surface area contributed by atoms with Crippen molar-refractivity contribution in [2.45, 2.75) is 18.9 Å². The molecule has 0 amide bonds. The summed E-state index contributed by atoms with van der Waals surface area (Å²) in [6.07, 6.45) is 0.138. The zero-order valence-electron chi connectivity index (χ0n) is 10.4. The summed E-state index contributed by atoms with van der Waals surface area (Å²) >= 11 is 17.6. The van der Waals surface area contributed by atoms with Gasteiger partial charge in [-0.3, -0.25) is 0 Å². The maximum absolute atomic E-state index is 13.0. The molecular formula is C15H12Cl3FO. The van der Waals surface area contributed by atoms with Crippen LogP contribution in [0.5, 0.6) is 0 Å². The van der Waals surface area contributed by atoms with Gasteiger partial charge in [0.25, 0.3) is 0 Å². The van der Waals surface area contributed by atoms with Crippen LogP contribution in [0.3, 0.4) is 0 Å². The summed E-state index contributed by atoms with van der Waals surface area (Å²) in [5.41, 5.74) is 1.59. The topological polar surface area (TPSA) is 20.2 Å². The van der Waals surface area contributed by atoms with Crippen molar-refractivity contribution in [3.8, 4) is 0 Å². The molecule has 0 saturated heterocycles. The van der Waals surface area contributed by atoms with Crippen molar-refractivity contribution >= 4 is 34.8 Å². The molecule has 0 aliphatic heterocycles. The second-order valence-corrected chi connectivity index (χ2v) is 5.80. The highest BCUT2D eigenvalue weighted by Gasteiger charge is 2.11. The molecule has 2 aromatic carbocycles. The highest BCUT2D eigenvalue weighted by molar-refractivity contribution is 6.35. The number of aliphatic hydroxyl groups is 1. The number of halogens is 4. The van der Waals surface area contributed by atoms with Crippen LogP contribution in [0.1, 0.15) is 11.1 Å². The largest absolute Gasteiger partial charge is 0.392 e. The van der Waals surface area contributed by atoms with Gasteiger partial charge >= 0.3 is 0 Å². The molecule has 0 radical (unpaired) electrons. The molecule has 0 bridgehead atoms. The monoisotopic (exact) mass is 332 g/mol. The van der Waals surface area contributed by atoms with Gasteiger partial charge < -0.3 is 5.11 Å². The molecule has 0 aliphatic carbocycles. The first-order valence-electron chi connectivity index (χ1n) is 6.01. The zero-order valence-corrected chi connectivity index (χ0v) is 12.7. The summed E-state index contributed by atoms with van der Waals surface area (Å²) in [6.45, 7) is 0. The van der Waals surface area contributed by atoms with E-state index in [1.54, 1.807) is 24.3 Å². The molecule has 20 heavy (non-hydrogen) atoms. The van der Waals surface area contributed by atoms with E-state index in [1.165, 1.54) is 12.1 Å². The summed E-state index contributed by atoms with van der Waals surface area (Å²) in [6, 6.07) is 9.56. The summed E-state index contributed by atoms with van der Waals surface area (Å²) in [4.78, 5) is 0. The van der Waals surface area contributed by atoms with E-state index in [4.69, 9.17) is 34.8 Å². The lowest BCUT2D eigenvalue weighted by Gasteiger charge is -2.12. The van der Waals surface area contributed by atoms with E-state index in [0.29, 0.717) is 22.9 Å². The van der Waals surface area contributed by atoms with E-state index in [2.05, 4.69) is 0 Å². The smallest absolute Gasteiger partial charge is 0.141 e. The Hall–Kier alpha value is -0.800. The standard InChI is InChI=1S/C15H12Cl3FO/c16-11-3-2-10(13(17)8-11)7-12(20)5-9-1-4-15(19)14(18)6-9/h1-4,6,8,12,20H,5,7H2. The lowest BCUT2D eigenvalue weighted by molar-refractivity contribution is 0.175. The van der Waals surface area contributed by atoms with Crippen molar-refractivity contribution < 1.29 is 9.50 Å². The second-order valence-electron chi connectivity index (χ2n) is 4.55. The Morgan fingerprint density at radius 1 is 0.950 bits per heavy atom. The predicted molar refractivity (Wildman–Crippen MR) is 81.3 cm³/mol. The third kappa shape index (κ3) is 4.10. The number of benzene rings is 2. The molecular weight excluding hydrogens is 322 g/mol. The van der Waals surface area contributed by atoms with Crippen molar-refractivity contribution in [3.63, 3.8) is 0 Å². The number of aliphatic hydroxyl groups excluding tert-OH is 1. The molecule has 1 unspecified atom stereocenters.